The normalized spacial score (nSPS) is 12.3. The van der Waals surface area contributed by atoms with Crippen LogP contribution in [0.3, 0.4) is 0 Å². The van der Waals surface area contributed by atoms with E-state index in [1.165, 1.54) is 18.2 Å². The van der Waals surface area contributed by atoms with Crippen molar-refractivity contribution in [1.29, 1.82) is 5.26 Å². The van der Waals surface area contributed by atoms with Crippen LogP contribution in [0, 0.1) is 21.4 Å². The minimum absolute atomic E-state index is 0.0935. The molecule has 1 atom stereocenters. The number of furan rings is 1. The lowest BCUT2D eigenvalue weighted by Crippen LogP contribution is -2.15. The van der Waals surface area contributed by atoms with Crippen LogP contribution in [0.1, 0.15) is 26.0 Å². The zero-order chi connectivity index (χ0) is 18.4. The highest BCUT2D eigenvalue weighted by Gasteiger charge is 2.18. The Morgan fingerprint density at radius 1 is 1.40 bits per heavy atom. The average Bonchev–Trinajstić information content (AvgIpc) is 3.07. The summed E-state index contributed by atoms with van der Waals surface area (Å²) < 4.78 is 10.6. The third kappa shape index (κ3) is 4.32. The second kappa shape index (κ2) is 7.93. The maximum absolute atomic E-state index is 11.9. The van der Waals surface area contributed by atoms with Crippen LogP contribution < -0.4 is 0 Å². The SMILES string of the molecule is CC[C@H](C)OC(=O)/C(C#N)=C/c1ccc(-c2ccccc2[N+](=O)[O-])o1. The number of carbonyl (C=O) groups is 1. The minimum Gasteiger partial charge on any atom is -0.459 e. The van der Waals surface area contributed by atoms with E-state index in [0.29, 0.717) is 12.0 Å². The Bertz CT molecular complexity index is 860. The van der Waals surface area contributed by atoms with Crippen LogP contribution in [-0.2, 0) is 9.53 Å². The fourth-order valence-electron chi connectivity index (χ4n) is 2.03. The maximum atomic E-state index is 11.9. The van der Waals surface area contributed by atoms with E-state index in [1.54, 1.807) is 37.3 Å². The lowest BCUT2D eigenvalue weighted by molar-refractivity contribution is -0.384. The van der Waals surface area contributed by atoms with Gasteiger partial charge in [-0.3, -0.25) is 10.1 Å². The summed E-state index contributed by atoms with van der Waals surface area (Å²) in [7, 11) is 0. The number of ether oxygens (including phenoxy) is 1. The first-order chi connectivity index (χ1) is 12.0. The molecule has 7 heteroatoms. The standard InChI is InChI=1S/C18H16N2O5/c1-3-12(2)24-18(21)13(11-19)10-14-8-9-17(25-14)15-6-4-5-7-16(15)20(22)23/h4-10,12H,3H2,1-2H3/b13-10+/t12-/m0/s1. The van der Waals surface area contributed by atoms with Crippen LogP contribution in [-0.4, -0.2) is 17.0 Å². The van der Waals surface area contributed by atoms with E-state index in [0.717, 1.165) is 0 Å². The molecular formula is C18H16N2O5. The van der Waals surface area contributed by atoms with Gasteiger partial charge in [0.25, 0.3) is 5.69 Å². The molecule has 0 bridgehead atoms. The van der Waals surface area contributed by atoms with Gasteiger partial charge >= 0.3 is 5.97 Å². The Morgan fingerprint density at radius 2 is 2.12 bits per heavy atom. The number of para-hydroxylation sites is 1. The van der Waals surface area contributed by atoms with Gasteiger partial charge in [-0.05, 0) is 31.5 Å². The van der Waals surface area contributed by atoms with E-state index in [1.807, 2.05) is 6.92 Å². The summed E-state index contributed by atoms with van der Waals surface area (Å²) in [6, 6.07) is 11.0. The van der Waals surface area contributed by atoms with E-state index >= 15 is 0 Å². The van der Waals surface area contributed by atoms with E-state index in [-0.39, 0.29) is 28.9 Å². The number of nitro groups is 1. The second-order valence-electron chi connectivity index (χ2n) is 5.27. The van der Waals surface area contributed by atoms with Crippen molar-refractivity contribution in [3.63, 3.8) is 0 Å². The number of hydrogen-bond donors (Lipinski definition) is 0. The fourth-order valence-corrected chi connectivity index (χ4v) is 2.03. The molecule has 7 nitrogen and oxygen atoms in total. The fraction of sp³-hybridized carbons (Fsp3) is 0.222. The van der Waals surface area contributed by atoms with Crippen molar-refractivity contribution < 1.29 is 18.9 Å². The van der Waals surface area contributed by atoms with Gasteiger partial charge in [-0.1, -0.05) is 19.1 Å². The monoisotopic (exact) mass is 340 g/mol. The first-order valence-electron chi connectivity index (χ1n) is 7.62. The van der Waals surface area contributed by atoms with Gasteiger partial charge in [0.15, 0.2) is 0 Å². The molecule has 0 saturated heterocycles. The van der Waals surface area contributed by atoms with Gasteiger partial charge in [0, 0.05) is 12.1 Å². The van der Waals surface area contributed by atoms with Crippen molar-refractivity contribution in [2.75, 3.05) is 0 Å². The first kappa shape index (κ1) is 17.9. The van der Waals surface area contributed by atoms with E-state index in [2.05, 4.69) is 0 Å². The molecule has 1 heterocycles. The van der Waals surface area contributed by atoms with Gasteiger partial charge in [-0.15, -0.1) is 0 Å². The Balaban J connectivity index is 2.31. The predicted molar refractivity (Wildman–Crippen MR) is 90.2 cm³/mol. The maximum Gasteiger partial charge on any atom is 0.349 e. The van der Waals surface area contributed by atoms with Crippen molar-refractivity contribution in [2.45, 2.75) is 26.4 Å². The summed E-state index contributed by atoms with van der Waals surface area (Å²) in [5.74, 6) is -0.238. The first-order valence-corrected chi connectivity index (χ1v) is 7.62. The van der Waals surface area contributed by atoms with Crippen molar-refractivity contribution in [3.8, 4) is 17.4 Å². The molecule has 0 saturated carbocycles. The Morgan fingerprint density at radius 3 is 2.76 bits per heavy atom. The van der Waals surface area contributed by atoms with Crippen LogP contribution >= 0.6 is 0 Å². The molecule has 1 aromatic carbocycles. The molecule has 128 valence electrons. The zero-order valence-electron chi connectivity index (χ0n) is 13.8. The number of esters is 1. The van der Waals surface area contributed by atoms with Gasteiger partial charge in [0.05, 0.1) is 16.6 Å². The summed E-state index contributed by atoms with van der Waals surface area (Å²) >= 11 is 0. The molecular weight excluding hydrogens is 324 g/mol. The number of nitriles is 1. The number of rotatable bonds is 6. The quantitative estimate of drug-likeness (QED) is 0.257. The summed E-state index contributed by atoms with van der Waals surface area (Å²) in [4.78, 5) is 22.5. The molecule has 1 aromatic heterocycles. The summed E-state index contributed by atoms with van der Waals surface area (Å²) in [5, 5.41) is 20.2. The van der Waals surface area contributed by atoms with Crippen molar-refractivity contribution in [2.24, 2.45) is 0 Å². The smallest absolute Gasteiger partial charge is 0.349 e. The summed E-state index contributed by atoms with van der Waals surface area (Å²) in [6.07, 6.45) is 1.58. The number of carbonyl (C=O) groups excluding carboxylic acids is 1. The average molecular weight is 340 g/mol. The molecule has 0 N–H and O–H groups in total. The van der Waals surface area contributed by atoms with Crippen molar-refractivity contribution in [1.82, 2.24) is 0 Å². The highest BCUT2D eigenvalue weighted by molar-refractivity contribution is 5.97. The van der Waals surface area contributed by atoms with Crippen molar-refractivity contribution >= 4 is 17.7 Å². The largest absolute Gasteiger partial charge is 0.459 e. The molecule has 0 spiro atoms. The molecule has 0 fully saturated rings. The lowest BCUT2D eigenvalue weighted by Gasteiger charge is -2.09. The van der Waals surface area contributed by atoms with Crippen LogP contribution in [0.5, 0.6) is 0 Å². The number of hydrogen-bond acceptors (Lipinski definition) is 6. The number of nitrogens with zero attached hydrogens (tertiary/aromatic N) is 2. The molecule has 0 unspecified atom stereocenters. The van der Waals surface area contributed by atoms with E-state index in [4.69, 9.17) is 14.4 Å². The summed E-state index contributed by atoms with van der Waals surface area (Å²) in [5.41, 5.74) is 0.0145. The van der Waals surface area contributed by atoms with Gasteiger partial charge in [-0.2, -0.15) is 5.26 Å². The van der Waals surface area contributed by atoms with Crippen LogP contribution in [0.4, 0.5) is 5.69 Å². The molecule has 25 heavy (non-hydrogen) atoms. The molecule has 0 amide bonds. The highest BCUT2D eigenvalue weighted by atomic mass is 16.6. The van der Waals surface area contributed by atoms with Crippen LogP contribution in [0.25, 0.3) is 17.4 Å². The van der Waals surface area contributed by atoms with E-state index in [9.17, 15) is 14.9 Å². The molecule has 0 aliphatic heterocycles. The molecule has 0 aliphatic carbocycles. The predicted octanol–water partition coefficient (Wildman–Crippen LogP) is 4.10. The summed E-state index contributed by atoms with van der Waals surface area (Å²) in [6.45, 7) is 3.59. The van der Waals surface area contributed by atoms with Crippen molar-refractivity contribution in [3.05, 3.63) is 57.8 Å². The third-order valence-corrected chi connectivity index (χ3v) is 3.50. The molecule has 0 aliphatic rings. The topological polar surface area (TPSA) is 106 Å². The van der Waals surface area contributed by atoms with Gasteiger partial charge in [0.1, 0.15) is 23.2 Å². The van der Waals surface area contributed by atoms with Crippen LogP contribution in [0.15, 0.2) is 46.4 Å². The Hall–Kier alpha value is -3.40. The molecule has 2 aromatic rings. The van der Waals surface area contributed by atoms with Gasteiger partial charge in [-0.25, -0.2) is 4.79 Å². The third-order valence-electron chi connectivity index (χ3n) is 3.50. The zero-order valence-corrected chi connectivity index (χ0v) is 13.8. The lowest BCUT2D eigenvalue weighted by atomic mass is 10.1. The number of nitro benzene ring substituents is 1. The van der Waals surface area contributed by atoms with E-state index < -0.39 is 10.9 Å². The number of benzene rings is 1. The van der Waals surface area contributed by atoms with Gasteiger partial charge < -0.3 is 9.15 Å². The molecule has 0 radical (unpaired) electrons. The Kier molecular flexibility index (Phi) is 5.69. The van der Waals surface area contributed by atoms with Gasteiger partial charge in [0.2, 0.25) is 0 Å². The second-order valence-corrected chi connectivity index (χ2v) is 5.27. The molecule has 2 rings (SSSR count). The highest BCUT2D eigenvalue weighted by Crippen LogP contribution is 2.31. The van der Waals surface area contributed by atoms with Crippen LogP contribution in [0.2, 0.25) is 0 Å². The Labute approximate surface area is 144 Å². The minimum atomic E-state index is -0.736.